The lowest BCUT2D eigenvalue weighted by Gasteiger charge is -2.34. The lowest BCUT2D eigenvalue weighted by molar-refractivity contribution is 0.313. The Morgan fingerprint density at radius 2 is 1.69 bits per heavy atom. The van der Waals surface area contributed by atoms with Crippen molar-refractivity contribution in [2.24, 2.45) is 7.05 Å². The summed E-state index contributed by atoms with van der Waals surface area (Å²) in [4.78, 5) is 18.7. The average Bonchev–Trinajstić information content (AvgIpc) is 3.42. The van der Waals surface area contributed by atoms with Gasteiger partial charge in [-0.25, -0.2) is 15.0 Å². The van der Waals surface area contributed by atoms with Crippen molar-refractivity contribution in [3.05, 3.63) is 55.0 Å². The maximum absolute atomic E-state index is 4.93. The van der Waals surface area contributed by atoms with Gasteiger partial charge in [0.2, 0.25) is 0 Å². The predicted molar refractivity (Wildman–Crippen MR) is 127 cm³/mol. The summed E-state index contributed by atoms with van der Waals surface area (Å²) in [7, 11) is 4.12. The van der Waals surface area contributed by atoms with Crippen LogP contribution in [-0.4, -0.2) is 67.8 Å². The number of rotatable bonds is 3. The zero-order valence-electron chi connectivity index (χ0n) is 18.2. The van der Waals surface area contributed by atoms with Gasteiger partial charge < -0.3 is 14.4 Å². The molecule has 1 aliphatic heterocycles. The summed E-state index contributed by atoms with van der Waals surface area (Å²) in [6.45, 7) is 4.30. The third-order valence-electron chi connectivity index (χ3n) is 6.26. The number of likely N-dealkylation sites (N-methyl/N-ethyl adjacent to an activating group) is 1. The molecule has 6 rings (SSSR count). The number of hydrogen-bond donors (Lipinski definition) is 1. The molecule has 0 bridgehead atoms. The van der Waals surface area contributed by atoms with Gasteiger partial charge in [-0.05, 0) is 37.4 Å². The summed E-state index contributed by atoms with van der Waals surface area (Å²) in [5.41, 5.74) is 8.46. The van der Waals surface area contributed by atoms with Crippen LogP contribution in [-0.2, 0) is 7.05 Å². The number of nitrogens with one attached hydrogen (secondary N) is 1. The topological polar surface area (TPSA) is 78.8 Å². The van der Waals surface area contributed by atoms with Crippen molar-refractivity contribution in [3.8, 4) is 22.5 Å². The quantitative estimate of drug-likeness (QED) is 0.479. The molecule has 8 nitrogen and oxygen atoms in total. The van der Waals surface area contributed by atoms with E-state index in [1.54, 1.807) is 6.33 Å². The Bertz CT molecular complexity index is 1410. The molecule has 8 heteroatoms. The Morgan fingerprint density at radius 3 is 2.50 bits per heavy atom. The van der Waals surface area contributed by atoms with Gasteiger partial charge in [-0.2, -0.15) is 5.10 Å². The number of piperazine rings is 1. The number of hydrogen-bond acceptors (Lipinski definition) is 6. The fourth-order valence-electron chi connectivity index (χ4n) is 4.31. The first kappa shape index (κ1) is 18.9. The van der Waals surface area contributed by atoms with E-state index in [2.05, 4.69) is 61.3 Å². The van der Waals surface area contributed by atoms with Crippen LogP contribution in [0.4, 0.5) is 5.69 Å². The first-order valence-electron chi connectivity index (χ1n) is 10.8. The molecule has 1 aromatic carbocycles. The molecule has 4 aromatic heterocycles. The second-order valence-corrected chi connectivity index (χ2v) is 8.42. The number of aryl methyl sites for hydroxylation is 1. The molecule has 5 aromatic rings. The molecule has 1 saturated heterocycles. The molecule has 32 heavy (non-hydrogen) atoms. The average molecular weight is 425 g/mol. The number of aromatic amines is 1. The largest absolute Gasteiger partial charge is 0.369 e. The predicted octanol–water partition coefficient (Wildman–Crippen LogP) is 3.33. The Labute approximate surface area is 185 Å². The SMILES string of the molecule is CN1CCN(c2ccc(-c3n[nH]c4ccc(-c5cnc6c(c5)ncn6C)nc34)cc2)CC1. The van der Waals surface area contributed by atoms with Crippen LogP contribution < -0.4 is 4.90 Å². The molecule has 0 saturated carbocycles. The van der Waals surface area contributed by atoms with Crippen LogP contribution in [0.25, 0.3) is 44.7 Å². The fourth-order valence-corrected chi connectivity index (χ4v) is 4.31. The number of pyridine rings is 2. The number of anilines is 1. The molecular weight excluding hydrogens is 400 g/mol. The van der Waals surface area contributed by atoms with Crippen LogP contribution in [0.5, 0.6) is 0 Å². The summed E-state index contributed by atoms with van der Waals surface area (Å²) in [6, 6.07) is 14.7. The fraction of sp³-hybridized carbons (Fsp3) is 0.250. The van der Waals surface area contributed by atoms with Crippen molar-refractivity contribution < 1.29 is 0 Å². The smallest absolute Gasteiger partial charge is 0.159 e. The lowest BCUT2D eigenvalue weighted by atomic mass is 10.1. The highest BCUT2D eigenvalue weighted by Crippen LogP contribution is 2.29. The van der Waals surface area contributed by atoms with E-state index in [9.17, 15) is 0 Å². The molecule has 1 N–H and O–H groups in total. The van der Waals surface area contributed by atoms with Crippen molar-refractivity contribution in [1.82, 2.24) is 34.6 Å². The normalized spacial score (nSPS) is 15.1. The van der Waals surface area contributed by atoms with Gasteiger partial charge in [0.15, 0.2) is 5.65 Å². The molecule has 1 fully saturated rings. The van der Waals surface area contributed by atoms with Gasteiger partial charge in [0, 0.05) is 56.2 Å². The maximum Gasteiger partial charge on any atom is 0.159 e. The number of benzene rings is 1. The molecule has 0 spiro atoms. The Balaban J connectivity index is 1.34. The van der Waals surface area contributed by atoms with Crippen molar-refractivity contribution in [2.45, 2.75) is 0 Å². The van der Waals surface area contributed by atoms with Gasteiger partial charge in [0.05, 0.1) is 17.5 Å². The Morgan fingerprint density at radius 1 is 0.875 bits per heavy atom. The van der Waals surface area contributed by atoms with E-state index in [4.69, 9.17) is 4.98 Å². The summed E-state index contributed by atoms with van der Waals surface area (Å²) in [5.74, 6) is 0. The van der Waals surface area contributed by atoms with Crippen molar-refractivity contribution in [2.75, 3.05) is 38.1 Å². The summed E-state index contributed by atoms with van der Waals surface area (Å²) < 4.78 is 1.91. The van der Waals surface area contributed by atoms with Gasteiger partial charge in [-0.15, -0.1) is 0 Å². The minimum atomic E-state index is 0.856. The van der Waals surface area contributed by atoms with Gasteiger partial charge in [-0.3, -0.25) is 5.10 Å². The molecule has 0 atom stereocenters. The van der Waals surface area contributed by atoms with Gasteiger partial charge in [-0.1, -0.05) is 12.1 Å². The van der Waals surface area contributed by atoms with E-state index >= 15 is 0 Å². The molecule has 0 amide bonds. The highest BCUT2D eigenvalue weighted by Gasteiger charge is 2.16. The van der Waals surface area contributed by atoms with Crippen molar-refractivity contribution in [1.29, 1.82) is 0 Å². The number of nitrogens with zero attached hydrogens (tertiary/aromatic N) is 7. The van der Waals surface area contributed by atoms with Gasteiger partial charge in [0.1, 0.15) is 16.7 Å². The molecule has 5 heterocycles. The van der Waals surface area contributed by atoms with Gasteiger partial charge >= 0.3 is 0 Å². The van der Waals surface area contributed by atoms with E-state index in [0.29, 0.717) is 0 Å². The van der Waals surface area contributed by atoms with Crippen molar-refractivity contribution >= 4 is 27.9 Å². The van der Waals surface area contributed by atoms with Crippen molar-refractivity contribution in [3.63, 3.8) is 0 Å². The second-order valence-electron chi connectivity index (χ2n) is 8.42. The van der Waals surface area contributed by atoms with Crippen LogP contribution in [0, 0.1) is 0 Å². The minimum Gasteiger partial charge on any atom is -0.369 e. The van der Waals surface area contributed by atoms with Crippen LogP contribution in [0.15, 0.2) is 55.0 Å². The van der Waals surface area contributed by atoms with E-state index in [1.807, 2.05) is 36.0 Å². The van der Waals surface area contributed by atoms with E-state index < -0.39 is 0 Å². The third kappa shape index (κ3) is 3.20. The number of aromatic nitrogens is 6. The van der Waals surface area contributed by atoms with E-state index in [-0.39, 0.29) is 0 Å². The molecule has 1 aliphatic rings. The maximum atomic E-state index is 4.93. The second kappa shape index (κ2) is 7.42. The number of H-pyrrole nitrogens is 1. The summed E-state index contributed by atoms with van der Waals surface area (Å²) in [5, 5.41) is 7.69. The zero-order valence-corrected chi connectivity index (χ0v) is 18.2. The monoisotopic (exact) mass is 424 g/mol. The van der Waals surface area contributed by atoms with E-state index in [0.717, 1.165) is 70.9 Å². The van der Waals surface area contributed by atoms with Crippen LogP contribution in [0.1, 0.15) is 0 Å². The van der Waals surface area contributed by atoms with Gasteiger partial charge in [0.25, 0.3) is 0 Å². The summed E-state index contributed by atoms with van der Waals surface area (Å²) >= 11 is 0. The highest BCUT2D eigenvalue weighted by molar-refractivity contribution is 5.91. The summed E-state index contributed by atoms with van der Waals surface area (Å²) in [6.07, 6.45) is 3.63. The first-order valence-corrected chi connectivity index (χ1v) is 10.8. The molecule has 0 aliphatic carbocycles. The first-order chi connectivity index (χ1) is 15.7. The Kier molecular flexibility index (Phi) is 4.39. The van der Waals surface area contributed by atoms with E-state index in [1.165, 1.54) is 5.69 Å². The molecule has 160 valence electrons. The number of imidazole rings is 1. The Hall–Kier alpha value is -3.78. The highest BCUT2D eigenvalue weighted by atomic mass is 15.2. The third-order valence-corrected chi connectivity index (χ3v) is 6.26. The molecule has 0 radical (unpaired) electrons. The number of fused-ring (bicyclic) bond motifs is 2. The lowest BCUT2D eigenvalue weighted by Crippen LogP contribution is -2.44. The standard InChI is InChI=1S/C24H24N8/c1-30-9-11-32(12-10-30)18-5-3-16(4-6-18)22-23-20(28-29-22)8-7-19(27-23)17-13-21-24(25-14-17)31(2)15-26-21/h3-8,13-15H,9-12H2,1-2H3,(H,28,29). The minimum absolute atomic E-state index is 0.856. The van der Waals surface area contributed by atoms with Crippen LogP contribution in [0.2, 0.25) is 0 Å². The molecule has 0 unspecified atom stereocenters. The van der Waals surface area contributed by atoms with Crippen LogP contribution >= 0.6 is 0 Å². The molecular formula is C24H24N8. The zero-order chi connectivity index (χ0) is 21.7. The van der Waals surface area contributed by atoms with Crippen LogP contribution in [0.3, 0.4) is 0 Å².